The normalized spacial score (nSPS) is 20.3. The number of rotatable bonds is 8. The van der Waals surface area contributed by atoms with Crippen molar-refractivity contribution in [3.63, 3.8) is 0 Å². The number of aryl methyl sites for hydroxylation is 3. The Hall–Kier alpha value is -1.76. The predicted molar refractivity (Wildman–Crippen MR) is 154 cm³/mol. The first-order valence-corrected chi connectivity index (χ1v) is 15.7. The lowest BCUT2D eigenvalue weighted by molar-refractivity contribution is 0.165. The van der Waals surface area contributed by atoms with E-state index in [2.05, 4.69) is 38.1 Å². The van der Waals surface area contributed by atoms with E-state index in [1.165, 1.54) is 127 Å². The van der Waals surface area contributed by atoms with Gasteiger partial charge in [0, 0.05) is 5.56 Å². The van der Waals surface area contributed by atoms with E-state index in [1.54, 1.807) is 33.4 Å². The SMILES string of the molecule is CCCCCCC(CCC)C1CCCc2ccc3c(c2-c2c(ccc4c2CCCC4)OC1)CCCC3. The van der Waals surface area contributed by atoms with Crippen molar-refractivity contribution >= 4 is 0 Å². The van der Waals surface area contributed by atoms with E-state index in [0.717, 1.165) is 12.5 Å². The minimum atomic E-state index is 0.689. The number of hydrogen-bond donors (Lipinski definition) is 0. The van der Waals surface area contributed by atoms with Gasteiger partial charge in [-0.3, -0.25) is 0 Å². The van der Waals surface area contributed by atoms with Gasteiger partial charge >= 0.3 is 0 Å². The molecule has 0 saturated carbocycles. The molecule has 1 nitrogen and oxygen atoms in total. The molecule has 3 aliphatic rings. The highest BCUT2D eigenvalue weighted by Gasteiger charge is 2.28. The predicted octanol–water partition coefficient (Wildman–Crippen LogP) is 9.83. The first-order valence-electron chi connectivity index (χ1n) is 15.7. The van der Waals surface area contributed by atoms with Gasteiger partial charge in [-0.15, -0.1) is 0 Å². The summed E-state index contributed by atoms with van der Waals surface area (Å²) in [6.07, 6.45) is 23.8. The molecule has 1 heteroatoms. The molecule has 0 spiro atoms. The van der Waals surface area contributed by atoms with Crippen LogP contribution in [0.5, 0.6) is 5.75 Å². The summed E-state index contributed by atoms with van der Waals surface area (Å²) >= 11 is 0. The summed E-state index contributed by atoms with van der Waals surface area (Å²) in [5.74, 6) is 2.70. The Bertz CT molecular complexity index is 1000. The van der Waals surface area contributed by atoms with Crippen molar-refractivity contribution in [3.8, 4) is 16.9 Å². The van der Waals surface area contributed by atoms with Crippen LogP contribution in [0.4, 0.5) is 0 Å². The second-order valence-corrected chi connectivity index (χ2v) is 12.1. The van der Waals surface area contributed by atoms with Gasteiger partial charge in [-0.1, -0.05) is 77.0 Å². The van der Waals surface area contributed by atoms with Crippen LogP contribution in [-0.4, -0.2) is 6.61 Å². The zero-order chi connectivity index (χ0) is 24.7. The lowest BCUT2D eigenvalue weighted by Crippen LogP contribution is -2.24. The standard InChI is InChI=1S/C35H50O/c1-3-5-6-7-14-26(13-4-2)30-18-12-17-29-22-21-27-15-8-10-19-31(27)34(29)35-32-20-11-9-16-28(32)23-24-33(35)36-25-30/h21-24,26,30H,3-20,25H2,1-2H3. The molecule has 0 aromatic heterocycles. The van der Waals surface area contributed by atoms with Crippen LogP contribution in [0, 0.1) is 11.8 Å². The Morgan fingerprint density at radius 3 is 2.08 bits per heavy atom. The molecule has 36 heavy (non-hydrogen) atoms. The fraction of sp³-hybridized carbons (Fsp3) is 0.657. The molecule has 0 fully saturated rings. The Balaban J connectivity index is 1.51. The van der Waals surface area contributed by atoms with Crippen LogP contribution < -0.4 is 4.74 Å². The Morgan fingerprint density at radius 2 is 1.33 bits per heavy atom. The van der Waals surface area contributed by atoms with Crippen LogP contribution in [0.25, 0.3) is 11.1 Å². The van der Waals surface area contributed by atoms with Crippen molar-refractivity contribution in [1.29, 1.82) is 0 Å². The molecule has 2 aliphatic carbocycles. The van der Waals surface area contributed by atoms with Gasteiger partial charge in [-0.05, 0) is 122 Å². The maximum atomic E-state index is 6.95. The molecule has 2 aromatic rings. The van der Waals surface area contributed by atoms with Gasteiger partial charge in [0.2, 0.25) is 0 Å². The van der Waals surface area contributed by atoms with E-state index >= 15 is 0 Å². The first kappa shape index (κ1) is 25.9. The Kier molecular flexibility index (Phi) is 9.10. The number of benzene rings is 2. The van der Waals surface area contributed by atoms with E-state index in [0.29, 0.717) is 5.92 Å². The Labute approximate surface area is 221 Å². The summed E-state index contributed by atoms with van der Waals surface area (Å²) in [5.41, 5.74) is 11.2. The van der Waals surface area contributed by atoms with Crippen LogP contribution in [0.1, 0.15) is 125 Å². The summed E-state index contributed by atoms with van der Waals surface area (Å²) in [6, 6.07) is 9.77. The molecule has 2 unspecified atom stereocenters. The molecule has 0 radical (unpaired) electrons. The number of ether oxygens (including phenoxy) is 1. The molecule has 5 rings (SSSR count). The van der Waals surface area contributed by atoms with Crippen LogP contribution in [-0.2, 0) is 32.1 Å². The van der Waals surface area contributed by atoms with E-state index < -0.39 is 0 Å². The van der Waals surface area contributed by atoms with Crippen LogP contribution in [0.15, 0.2) is 24.3 Å². The second-order valence-electron chi connectivity index (χ2n) is 12.1. The molecular formula is C35H50O. The zero-order valence-corrected chi connectivity index (χ0v) is 23.3. The lowest BCUT2D eigenvalue weighted by atomic mass is 9.77. The van der Waals surface area contributed by atoms with Crippen molar-refractivity contribution < 1.29 is 4.74 Å². The van der Waals surface area contributed by atoms with Gasteiger partial charge < -0.3 is 4.74 Å². The molecule has 1 aliphatic heterocycles. The molecule has 0 saturated heterocycles. The topological polar surface area (TPSA) is 9.23 Å². The fourth-order valence-electron chi connectivity index (χ4n) is 7.62. The average Bonchev–Trinajstić information content (AvgIpc) is 2.92. The lowest BCUT2D eigenvalue weighted by Gasteiger charge is -2.32. The zero-order valence-electron chi connectivity index (χ0n) is 23.3. The van der Waals surface area contributed by atoms with E-state index in [-0.39, 0.29) is 0 Å². The molecule has 2 atom stereocenters. The Morgan fingerprint density at radius 1 is 0.667 bits per heavy atom. The van der Waals surface area contributed by atoms with E-state index in [9.17, 15) is 0 Å². The third kappa shape index (κ3) is 5.71. The van der Waals surface area contributed by atoms with E-state index in [4.69, 9.17) is 4.74 Å². The molecule has 0 amide bonds. The third-order valence-corrected chi connectivity index (χ3v) is 9.59. The van der Waals surface area contributed by atoms with Crippen LogP contribution in [0.2, 0.25) is 0 Å². The van der Waals surface area contributed by atoms with Gasteiger partial charge in [0.05, 0.1) is 6.61 Å². The summed E-state index contributed by atoms with van der Waals surface area (Å²) in [4.78, 5) is 0. The quantitative estimate of drug-likeness (QED) is 0.337. The number of fused-ring (bicyclic) bond motifs is 7. The fourth-order valence-corrected chi connectivity index (χ4v) is 7.62. The summed E-state index contributed by atoms with van der Waals surface area (Å²) < 4.78 is 6.95. The summed E-state index contributed by atoms with van der Waals surface area (Å²) in [6.45, 7) is 5.61. The van der Waals surface area contributed by atoms with Crippen LogP contribution >= 0.6 is 0 Å². The van der Waals surface area contributed by atoms with Crippen molar-refractivity contribution in [2.45, 2.75) is 129 Å². The van der Waals surface area contributed by atoms with Crippen molar-refractivity contribution in [1.82, 2.24) is 0 Å². The molecule has 0 N–H and O–H groups in total. The van der Waals surface area contributed by atoms with Gasteiger partial charge in [-0.25, -0.2) is 0 Å². The largest absolute Gasteiger partial charge is 0.493 e. The second kappa shape index (κ2) is 12.7. The maximum absolute atomic E-state index is 6.95. The number of unbranched alkanes of at least 4 members (excludes halogenated alkanes) is 3. The van der Waals surface area contributed by atoms with Gasteiger partial charge in [-0.2, -0.15) is 0 Å². The number of hydrogen-bond acceptors (Lipinski definition) is 1. The van der Waals surface area contributed by atoms with Crippen molar-refractivity contribution in [2.75, 3.05) is 6.61 Å². The highest BCUT2D eigenvalue weighted by Crippen LogP contribution is 2.45. The monoisotopic (exact) mass is 486 g/mol. The maximum Gasteiger partial charge on any atom is 0.127 e. The highest BCUT2D eigenvalue weighted by atomic mass is 16.5. The molecule has 2 aromatic carbocycles. The molecule has 1 heterocycles. The summed E-state index contributed by atoms with van der Waals surface area (Å²) in [7, 11) is 0. The van der Waals surface area contributed by atoms with E-state index in [1.807, 2.05) is 0 Å². The molecule has 0 bridgehead atoms. The minimum absolute atomic E-state index is 0.689. The third-order valence-electron chi connectivity index (χ3n) is 9.59. The van der Waals surface area contributed by atoms with Crippen molar-refractivity contribution in [2.24, 2.45) is 11.8 Å². The van der Waals surface area contributed by atoms with Gasteiger partial charge in [0.1, 0.15) is 5.75 Å². The highest BCUT2D eigenvalue weighted by molar-refractivity contribution is 5.82. The van der Waals surface area contributed by atoms with Crippen LogP contribution in [0.3, 0.4) is 0 Å². The van der Waals surface area contributed by atoms with Gasteiger partial charge in [0.25, 0.3) is 0 Å². The summed E-state index contributed by atoms with van der Waals surface area (Å²) in [5, 5.41) is 0. The first-order chi connectivity index (χ1) is 17.8. The molecular weight excluding hydrogens is 436 g/mol. The van der Waals surface area contributed by atoms with Crippen molar-refractivity contribution in [3.05, 3.63) is 52.1 Å². The smallest absolute Gasteiger partial charge is 0.127 e. The average molecular weight is 487 g/mol. The minimum Gasteiger partial charge on any atom is -0.493 e. The van der Waals surface area contributed by atoms with Gasteiger partial charge in [0.15, 0.2) is 0 Å². The molecule has 196 valence electrons.